The Kier molecular flexibility index (Phi) is 6.28. The second kappa shape index (κ2) is 9.49. The largest absolute Gasteiger partial charge is 0.474 e. The van der Waals surface area contributed by atoms with Gasteiger partial charge in [-0.05, 0) is 61.9 Å². The summed E-state index contributed by atoms with van der Waals surface area (Å²) in [6.45, 7) is -0.0410. The summed E-state index contributed by atoms with van der Waals surface area (Å²) in [6, 6.07) is 11.5. The van der Waals surface area contributed by atoms with Crippen LogP contribution >= 0.6 is 11.6 Å². The van der Waals surface area contributed by atoms with Crippen molar-refractivity contribution in [2.45, 2.75) is 56.6 Å². The molecule has 33 heavy (non-hydrogen) atoms. The number of nitrogens with two attached hydrogens (primary N) is 1. The van der Waals surface area contributed by atoms with Crippen LogP contribution in [0.3, 0.4) is 0 Å². The third kappa shape index (κ3) is 4.72. The number of hydrogen-bond donors (Lipinski definition) is 2. The minimum Gasteiger partial charge on any atom is -0.474 e. The van der Waals surface area contributed by atoms with Gasteiger partial charge in [0.1, 0.15) is 17.8 Å². The van der Waals surface area contributed by atoms with Gasteiger partial charge in [0.15, 0.2) is 0 Å². The number of benzene rings is 1. The summed E-state index contributed by atoms with van der Waals surface area (Å²) < 4.78 is 8.24. The third-order valence-electron chi connectivity index (χ3n) is 6.45. The lowest BCUT2D eigenvalue weighted by molar-refractivity contribution is -0.120. The Bertz CT molecular complexity index is 1130. The van der Waals surface area contributed by atoms with Gasteiger partial charge < -0.3 is 15.8 Å². The highest BCUT2D eigenvalue weighted by Crippen LogP contribution is 2.37. The summed E-state index contributed by atoms with van der Waals surface area (Å²) in [6.07, 6.45) is 6.96. The van der Waals surface area contributed by atoms with Gasteiger partial charge in [-0.2, -0.15) is 0 Å². The fourth-order valence-electron chi connectivity index (χ4n) is 4.90. The van der Waals surface area contributed by atoms with Crippen molar-refractivity contribution in [2.75, 3.05) is 6.54 Å². The molecule has 2 aliphatic rings. The maximum atomic E-state index is 12.0. The Morgan fingerprint density at radius 2 is 2.00 bits per heavy atom. The van der Waals surface area contributed by atoms with Crippen LogP contribution in [0.1, 0.15) is 48.8 Å². The predicted octanol–water partition coefficient (Wildman–Crippen LogP) is 2.96. The van der Waals surface area contributed by atoms with Crippen LogP contribution in [0.2, 0.25) is 5.02 Å². The summed E-state index contributed by atoms with van der Waals surface area (Å²) in [5.41, 5.74) is 7.62. The number of hydrogen-bond acceptors (Lipinski definition) is 6. The number of pyridine rings is 1. The zero-order chi connectivity index (χ0) is 22.8. The summed E-state index contributed by atoms with van der Waals surface area (Å²) in [5, 5.41) is 12.8. The van der Waals surface area contributed by atoms with E-state index in [2.05, 4.69) is 25.1 Å². The average molecular weight is 467 g/mol. The zero-order valence-corrected chi connectivity index (χ0v) is 19.0. The molecule has 3 N–H and O–H groups in total. The fourth-order valence-corrected chi connectivity index (χ4v) is 5.09. The summed E-state index contributed by atoms with van der Waals surface area (Å²) in [7, 11) is 0. The van der Waals surface area contributed by atoms with E-state index in [4.69, 9.17) is 22.1 Å². The van der Waals surface area contributed by atoms with Crippen LogP contribution in [-0.2, 0) is 17.6 Å². The Morgan fingerprint density at radius 3 is 2.76 bits per heavy atom. The monoisotopic (exact) mass is 466 g/mol. The molecule has 0 saturated heterocycles. The first-order valence-corrected chi connectivity index (χ1v) is 11.8. The average Bonchev–Trinajstić information content (AvgIpc) is 3.17. The van der Waals surface area contributed by atoms with Gasteiger partial charge in [0.2, 0.25) is 11.8 Å². The van der Waals surface area contributed by atoms with Crippen LogP contribution in [-0.4, -0.2) is 44.3 Å². The quantitative estimate of drug-likeness (QED) is 0.598. The van der Waals surface area contributed by atoms with Crippen LogP contribution in [0.15, 0.2) is 42.6 Å². The van der Waals surface area contributed by atoms with Crippen molar-refractivity contribution in [2.24, 2.45) is 5.73 Å². The number of nitrogens with one attached hydrogen (secondary N) is 1. The Labute approximate surface area is 197 Å². The second-order valence-electron chi connectivity index (χ2n) is 8.72. The van der Waals surface area contributed by atoms with Crippen molar-refractivity contribution in [3.8, 4) is 11.6 Å². The van der Waals surface area contributed by atoms with Crippen molar-refractivity contribution in [1.29, 1.82) is 0 Å². The maximum absolute atomic E-state index is 12.0. The highest BCUT2D eigenvalue weighted by atomic mass is 35.5. The Morgan fingerprint density at radius 1 is 1.15 bits per heavy atom. The molecule has 5 rings (SSSR count). The highest BCUT2D eigenvalue weighted by molar-refractivity contribution is 6.30. The number of nitrogens with zero attached hydrogens (tertiary/aromatic N) is 4. The van der Waals surface area contributed by atoms with Gasteiger partial charge in [0.05, 0.1) is 12.2 Å². The van der Waals surface area contributed by atoms with Gasteiger partial charge in [0, 0.05) is 35.7 Å². The van der Waals surface area contributed by atoms with E-state index in [9.17, 15) is 4.79 Å². The number of ether oxygens (including phenoxy) is 1. The molecule has 0 bridgehead atoms. The molecule has 172 valence electrons. The van der Waals surface area contributed by atoms with Crippen molar-refractivity contribution in [3.63, 3.8) is 0 Å². The van der Waals surface area contributed by atoms with Crippen molar-refractivity contribution in [1.82, 2.24) is 25.1 Å². The van der Waals surface area contributed by atoms with Gasteiger partial charge in [0.25, 0.3) is 0 Å². The lowest BCUT2D eigenvalue weighted by Gasteiger charge is -2.28. The molecule has 1 fully saturated rings. The fraction of sp³-hybridized carbons (Fsp3) is 0.417. The van der Waals surface area contributed by atoms with Gasteiger partial charge in [-0.15, -0.1) is 10.2 Å². The van der Waals surface area contributed by atoms with E-state index in [1.54, 1.807) is 6.20 Å². The lowest BCUT2D eigenvalue weighted by Crippen LogP contribution is -2.41. The normalized spacial score (nSPS) is 22.1. The number of carbonyl (C=O) groups excluding carboxylic acids is 1. The van der Waals surface area contributed by atoms with E-state index >= 15 is 0 Å². The van der Waals surface area contributed by atoms with Crippen molar-refractivity contribution >= 4 is 17.5 Å². The topological polar surface area (TPSA) is 108 Å². The molecular weight excluding hydrogens is 440 g/mol. The summed E-state index contributed by atoms with van der Waals surface area (Å²) >= 11 is 6.32. The molecule has 0 unspecified atom stereocenters. The van der Waals surface area contributed by atoms with E-state index in [0.717, 1.165) is 48.6 Å². The van der Waals surface area contributed by atoms with Crippen molar-refractivity contribution in [3.05, 3.63) is 64.8 Å². The van der Waals surface area contributed by atoms with E-state index in [-0.39, 0.29) is 30.5 Å². The van der Waals surface area contributed by atoms with Gasteiger partial charge in [-0.1, -0.05) is 17.7 Å². The van der Waals surface area contributed by atoms with Crippen LogP contribution < -0.4 is 15.8 Å². The van der Waals surface area contributed by atoms with Crippen LogP contribution in [0, 0.1) is 0 Å². The number of rotatable bonds is 5. The SMILES string of the molecule is NCC(=O)N[C@@H]1Cc2cc(Cl)ccc2-n2c(nnc2[C@H]2CC[C@H](Oc3ccccn3)CC2)C1. The van der Waals surface area contributed by atoms with E-state index in [1.165, 1.54) is 0 Å². The van der Waals surface area contributed by atoms with Crippen LogP contribution in [0.4, 0.5) is 0 Å². The van der Waals surface area contributed by atoms with Crippen molar-refractivity contribution < 1.29 is 9.53 Å². The van der Waals surface area contributed by atoms with Crippen LogP contribution in [0.25, 0.3) is 5.69 Å². The summed E-state index contributed by atoms with van der Waals surface area (Å²) in [4.78, 5) is 16.3. The van der Waals surface area contributed by atoms with Crippen LogP contribution in [0.5, 0.6) is 5.88 Å². The number of carbonyl (C=O) groups is 1. The first kappa shape index (κ1) is 21.9. The zero-order valence-electron chi connectivity index (χ0n) is 18.3. The van der Waals surface area contributed by atoms with Gasteiger partial charge in [-0.25, -0.2) is 4.98 Å². The number of halogens is 1. The highest BCUT2D eigenvalue weighted by Gasteiger charge is 2.32. The number of aromatic nitrogens is 4. The lowest BCUT2D eigenvalue weighted by atomic mass is 9.86. The van der Waals surface area contributed by atoms with E-state index in [1.807, 2.05) is 36.4 Å². The predicted molar refractivity (Wildman–Crippen MR) is 125 cm³/mol. The smallest absolute Gasteiger partial charge is 0.233 e. The minimum absolute atomic E-state index is 0.0410. The standard InChI is InChI=1S/C24H27ClN6O2/c25-17-6-9-20-16(11-17)12-18(28-22(32)14-26)13-21-29-30-24(31(20)21)15-4-7-19(8-5-15)33-23-3-1-2-10-27-23/h1-3,6,9-11,15,18-19H,4-5,7-8,12-14,26H2,(H,28,32)/t15-,18-,19-/m1/s1. The molecule has 2 aromatic heterocycles. The maximum Gasteiger partial charge on any atom is 0.233 e. The molecule has 1 atom stereocenters. The Balaban J connectivity index is 1.39. The Hall–Kier alpha value is -2.97. The first-order chi connectivity index (χ1) is 16.1. The van der Waals surface area contributed by atoms with E-state index in [0.29, 0.717) is 23.7 Å². The number of amides is 1. The molecule has 0 radical (unpaired) electrons. The molecule has 1 amide bonds. The van der Waals surface area contributed by atoms with Gasteiger partial charge >= 0.3 is 0 Å². The van der Waals surface area contributed by atoms with Gasteiger partial charge in [-0.3, -0.25) is 9.36 Å². The molecule has 8 nitrogen and oxygen atoms in total. The molecule has 1 aromatic carbocycles. The molecule has 3 aromatic rings. The molecule has 1 aliphatic carbocycles. The molecule has 3 heterocycles. The summed E-state index contributed by atoms with van der Waals surface area (Å²) in [5.74, 6) is 2.60. The second-order valence-corrected chi connectivity index (χ2v) is 9.16. The van der Waals surface area contributed by atoms with E-state index < -0.39 is 0 Å². The molecule has 1 saturated carbocycles. The minimum atomic E-state index is -0.178. The molecule has 0 spiro atoms. The third-order valence-corrected chi connectivity index (χ3v) is 6.68. The molecule has 1 aliphatic heterocycles. The molecule has 9 heteroatoms. The molecular formula is C24H27ClN6O2. The number of fused-ring (bicyclic) bond motifs is 3. The first-order valence-electron chi connectivity index (χ1n) is 11.4.